The van der Waals surface area contributed by atoms with Gasteiger partial charge in [0.05, 0.1) is 11.8 Å². The molecule has 0 saturated heterocycles. The van der Waals surface area contributed by atoms with E-state index in [0.29, 0.717) is 28.2 Å². The Morgan fingerprint density at radius 1 is 1.24 bits per heavy atom. The van der Waals surface area contributed by atoms with Crippen LogP contribution < -0.4 is 10.6 Å². The van der Waals surface area contributed by atoms with Crippen LogP contribution in [0, 0.1) is 6.92 Å². The monoisotopic (exact) mass is 430 g/mol. The van der Waals surface area contributed by atoms with Crippen molar-refractivity contribution in [3.63, 3.8) is 0 Å². The fourth-order valence-corrected chi connectivity index (χ4v) is 4.15. The van der Waals surface area contributed by atoms with Crippen LogP contribution in [-0.4, -0.2) is 37.3 Å². The molecule has 0 fully saturated rings. The van der Waals surface area contributed by atoms with Gasteiger partial charge in [-0.2, -0.15) is 0 Å². The quantitative estimate of drug-likeness (QED) is 0.532. The maximum atomic E-state index is 12.4. The third-order valence-electron chi connectivity index (χ3n) is 4.03. The molecule has 0 aliphatic carbocycles. The van der Waals surface area contributed by atoms with Crippen LogP contribution in [0.2, 0.25) is 0 Å². The number of nitrogens with zero attached hydrogens (tertiary/aromatic N) is 4. The first-order valence-electron chi connectivity index (χ1n) is 9.12. The first-order chi connectivity index (χ1) is 14.0. The second kappa shape index (κ2) is 9.66. The number of benzene rings is 1. The number of anilines is 1. The molecule has 3 aromatic rings. The van der Waals surface area contributed by atoms with Gasteiger partial charge in [-0.25, -0.2) is 4.98 Å². The van der Waals surface area contributed by atoms with Crippen molar-refractivity contribution < 1.29 is 9.59 Å². The van der Waals surface area contributed by atoms with Crippen LogP contribution in [0.4, 0.5) is 5.13 Å². The van der Waals surface area contributed by atoms with Crippen LogP contribution in [0.5, 0.6) is 0 Å². The minimum Gasteiger partial charge on any atom is -0.342 e. The van der Waals surface area contributed by atoms with Crippen LogP contribution >= 0.6 is 23.1 Å². The molecule has 0 radical (unpaired) electrons. The molecule has 2 N–H and O–H groups in total. The standard InChI is InChI=1S/C19H22N6O2S2/c1-4-25-16(13(3)21-17(27)14-8-6-5-7-9-14)23-24-19(25)28-11-15(26)22-18-20-10-12(2)29-18/h5-10,13H,4,11H2,1-3H3,(H,21,27)(H,20,22,26)/t13-/m1/s1. The van der Waals surface area contributed by atoms with Gasteiger partial charge < -0.3 is 15.2 Å². The summed E-state index contributed by atoms with van der Waals surface area (Å²) in [7, 11) is 0. The molecule has 8 nitrogen and oxygen atoms in total. The van der Waals surface area contributed by atoms with Gasteiger partial charge in [0.2, 0.25) is 5.91 Å². The first kappa shape index (κ1) is 21.0. The van der Waals surface area contributed by atoms with Crippen molar-refractivity contribution in [1.82, 2.24) is 25.1 Å². The maximum absolute atomic E-state index is 12.4. The number of amides is 2. The number of thiazole rings is 1. The largest absolute Gasteiger partial charge is 0.342 e. The number of carbonyl (C=O) groups is 2. The van der Waals surface area contributed by atoms with Gasteiger partial charge in [0.1, 0.15) is 0 Å². The van der Waals surface area contributed by atoms with E-state index in [1.807, 2.05) is 43.5 Å². The summed E-state index contributed by atoms with van der Waals surface area (Å²) in [4.78, 5) is 29.7. The van der Waals surface area contributed by atoms with E-state index in [9.17, 15) is 9.59 Å². The number of hydrogen-bond donors (Lipinski definition) is 2. The second-order valence-corrected chi connectivity index (χ2v) is 8.44. The van der Waals surface area contributed by atoms with Crippen LogP contribution in [0.1, 0.15) is 40.9 Å². The molecule has 2 heterocycles. The number of hydrogen-bond acceptors (Lipinski definition) is 7. The molecule has 0 aliphatic rings. The van der Waals surface area contributed by atoms with Gasteiger partial charge in [-0.1, -0.05) is 30.0 Å². The summed E-state index contributed by atoms with van der Waals surface area (Å²) >= 11 is 2.73. The molecular weight excluding hydrogens is 408 g/mol. The van der Waals surface area contributed by atoms with E-state index in [1.165, 1.54) is 23.1 Å². The summed E-state index contributed by atoms with van der Waals surface area (Å²) < 4.78 is 1.90. The Bertz CT molecular complexity index is 986. The van der Waals surface area contributed by atoms with Crippen molar-refractivity contribution in [2.75, 3.05) is 11.1 Å². The summed E-state index contributed by atoms with van der Waals surface area (Å²) in [5.74, 6) is 0.523. The van der Waals surface area contributed by atoms with Crippen LogP contribution in [0.25, 0.3) is 0 Å². The molecule has 3 rings (SSSR count). The van der Waals surface area contributed by atoms with Crippen molar-refractivity contribution in [2.45, 2.75) is 38.5 Å². The van der Waals surface area contributed by atoms with Gasteiger partial charge in [0, 0.05) is 23.2 Å². The molecule has 2 amide bonds. The Morgan fingerprint density at radius 3 is 2.66 bits per heavy atom. The Labute approximate surface area is 177 Å². The van der Waals surface area contributed by atoms with Crippen LogP contribution in [0.15, 0.2) is 41.7 Å². The van der Waals surface area contributed by atoms with Crippen molar-refractivity contribution in [1.29, 1.82) is 0 Å². The number of carbonyl (C=O) groups excluding carboxylic acids is 2. The smallest absolute Gasteiger partial charge is 0.251 e. The molecule has 0 spiro atoms. The molecule has 29 heavy (non-hydrogen) atoms. The normalized spacial score (nSPS) is 11.8. The maximum Gasteiger partial charge on any atom is 0.251 e. The summed E-state index contributed by atoms with van der Waals surface area (Å²) in [5.41, 5.74) is 0.589. The summed E-state index contributed by atoms with van der Waals surface area (Å²) in [6.45, 7) is 6.40. The zero-order valence-corrected chi connectivity index (χ0v) is 18.0. The van der Waals surface area contributed by atoms with E-state index in [1.54, 1.807) is 18.3 Å². The van der Waals surface area contributed by atoms with Crippen molar-refractivity contribution in [3.8, 4) is 0 Å². The molecule has 0 unspecified atom stereocenters. The summed E-state index contributed by atoms with van der Waals surface area (Å²) in [5, 5.41) is 15.4. The number of rotatable bonds is 8. The number of thioether (sulfide) groups is 1. The highest BCUT2D eigenvalue weighted by Gasteiger charge is 2.20. The third kappa shape index (κ3) is 5.42. The predicted molar refractivity (Wildman–Crippen MR) is 114 cm³/mol. The number of aryl methyl sites for hydroxylation is 1. The average Bonchev–Trinajstić information content (AvgIpc) is 3.32. The van der Waals surface area contributed by atoms with E-state index in [4.69, 9.17) is 0 Å². The fraction of sp³-hybridized carbons (Fsp3) is 0.316. The lowest BCUT2D eigenvalue weighted by Gasteiger charge is -2.15. The Kier molecular flexibility index (Phi) is 6.99. The molecule has 0 aliphatic heterocycles. The second-order valence-electron chi connectivity index (χ2n) is 6.26. The van der Waals surface area contributed by atoms with Crippen molar-refractivity contribution in [2.24, 2.45) is 0 Å². The summed E-state index contributed by atoms with van der Waals surface area (Å²) in [6, 6.07) is 8.70. The zero-order valence-electron chi connectivity index (χ0n) is 16.4. The highest BCUT2D eigenvalue weighted by atomic mass is 32.2. The van der Waals surface area contributed by atoms with Crippen LogP contribution in [0.3, 0.4) is 0 Å². The third-order valence-corrected chi connectivity index (χ3v) is 5.83. The van der Waals surface area contributed by atoms with Crippen LogP contribution in [-0.2, 0) is 11.3 Å². The van der Waals surface area contributed by atoms with E-state index < -0.39 is 0 Å². The van der Waals surface area contributed by atoms with Gasteiger partial charge in [-0.05, 0) is 32.9 Å². The van der Waals surface area contributed by atoms with E-state index in [0.717, 1.165) is 4.88 Å². The predicted octanol–water partition coefficient (Wildman–Crippen LogP) is 3.28. The molecule has 0 bridgehead atoms. The Balaban J connectivity index is 1.61. The summed E-state index contributed by atoms with van der Waals surface area (Å²) in [6.07, 6.45) is 1.72. The lowest BCUT2D eigenvalue weighted by molar-refractivity contribution is -0.113. The molecule has 2 aromatic heterocycles. The first-order valence-corrected chi connectivity index (χ1v) is 10.9. The number of aromatic nitrogens is 4. The molecule has 0 saturated carbocycles. The van der Waals surface area contributed by atoms with E-state index in [2.05, 4.69) is 25.8 Å². The van der Waals surface area contributed by atoms with Crippen molar-refractivity contribution >= 4 is 40.0 Å². The van der Waals surface area contributed by atoms with Crippen molar-refractivity contribution in [3.05, 3.63) is 52.8 Å². The SMILES string of the molecule is CCn1c(SCC(=O)Nc2ncc(C)s2)nnc1[C@@H](C)NC(=O)c1ccccc1. The topological polar surface area (TPSA) is 102 Å². The zero-order chi connectivity index (χ0) is 20.8. The van der Waals surface area contributed by atoms with E-state index >= 15 is 0 Å². The molecular formula is C19H22N6O2S2. The lowest BCUT2D eigenvalue weighted by atomic mass is 10.2. The van der Waals surface area contributed by atoms with E-state index in [-0.39, 0.29) is 23.6 Å². The van der Waals surface area contributed by atoms with Gasteiger partial charge >= 0.3 is 0 Å². The Hall–Kier alpha value is -2.72. The van der Waals surface area contributed by atoms with Gasteiger partial charge in [-0.3, -0.25) is 9.59 Å². The molecule has 1 aromatic carbocycles. The minimum atomic E-state index is -0.323. The fourth-order valence-electron chi connectivity index (χ4n) is 2.66. The lowest BCUT2D eigenvalue weighted by Crippen LogP contribution is -2.28. The van der Waals surface area contributed by atoms with Gasteiger partial charge in [0.15, 0.2) is 16.1 Å². The molecule has 1 atom stereocenters. The highest BCUT2D eigenvalue weighted by molar-refractivity contribution is 7.99. The van der Waals surface area contributed by atoms with Gasteiger partial charge in [-0.15, -0.1) is 21.5 Å². The van der Waals surface area contributed by atoms with Gasteiger partial charge in [0.25, 0.3) is 5.91 Å². The highest BCUT2D eigenvalue weighted by Crippen LogP contribution is 2.22. The average molecular weight is 431 g/mol. The molecule has 152 valence electrons. The molecule has 10 heteroatoms. The number of nitrogens with one attached hydrogen (secondary N) is 2. The minimum absolute atomic E-state index is 0.151. The Morgan fingerprint density at radius 2 is 2.00 bits per heavy atom.